The third kappa shape index (κ3) is 6.26. The number of likely N-dealkylation sites (tertiary alicyclic amines) is 1. The van der Waals surface area contributed by atoms with E-state index in [4.69, 9.17) is 21.1 Å². The lowest BCUT2D eigenvalue weighted by atomic mass is 9.64. The average Bonchev–Trinajstić information content (AvgIpc) is 3.76. The summed E-state index contributed by atoms with van der Waals surface area (Å²) in [7, 11) is 0. The largest absolute Gasteiger partial charge is 0.494 e. The summed E-state index contributed by atoms with van der Waals surface area (Å²) in [6, 6.07) is 21.9. The van der Waals surface area contributed by atoms with E-state index in [0.717, 1.165) is 5.56 Å². The molecule has 268 valence electrons. The number of fused-ring (bicyclic) bond motifs is 1. The number of aliphatic hydroxyl groups excluding tert-OH is 1. The van der Waals surface area contributed by atoms with Crippen LogP contribution in [0, 0.1) is 11.8 Å². The molecule has 3 aliphatic rings. The maximum absolute atomic E-state index is 15.2. The Balaban J connectivity index is 1.48. The van der Waals surface area contributed by atoms with Gasteiger partial charge in [0.2, 0.25) is 11.8 Å². The van der Waals surface area contributed by atoms with Crippen molar-refractivity contribution in [2.45, 2.75) is 62.8 Å². The van der Waals surface area contributed by atoms with E-state index in [9.17, 15) is 5.11 Å². The predicted octanol–water partition coefficient (Wildman–Crippen LogP) is 6.24. The molecule has 3 amide bonds. The highest BCUT2D eigenvalue weighted by Gasteiger charge is 2.79. The molecule has 3 heterocycles. The molecule has 2 bridgehead atoms. The molecule has 3 aliphatic heterocycles. The number of para-hydroxylation sites is 1. The topological polar surface area (TPSA) is 99.6 Å². The molecule has 3 aromatic rings. The van der Waals surface area contributed by atoms with E-state index in [1.807, 2.05) is 68.4 Å². The van der Waals surface area contributed by atoms with E-state index in [1.54, 1.807) is 41.3 Å². The fourth-order valence-electron chi connectivity index (χ4n) is 8.60. The van der Waals surface area contributed by atoms with Crippen LogP contribution in [0.15, 0.2) is 104 Å². The number of carbonyl (C=O) groups excluding carboxylic acids is 3. The van der Waals surface area contributed by atoms with Gasteiger partial charge in [-0.25, -0.2) is 0 Å². The van der Waals surface area contributed by atoms with Gasteiger partial charge in [0.1, 0.15) is 17.4 Å². The number of hydrogen-bond acceptors (Lipinski definition) is 6. The van der Waals surface area contributed by atoms with Crippen molar-refractivity contribution >= 4 is 40.7 Å². The molecule has 9 nitrogen and oxygen atoms in total. The minimum absolute atomic E-state index is 0.121. The zero-order chi connectivity index (χ0) is 36.3. The molecule has 2 unspecified atom stereocenters. The molecule has 1 N–H and O–H groups in total. The van der Waals surface area contributed by atoms with E-state index in [1.165, 1.54) is 9.80 Å². The average molecular weight is 712 g/mol. The molecule has 10 heteroatoms. The molecule has 51 heavy (non-hydrogen) atoms. The van der Waals surface area contributed by atoms with Crippen LogP contribution in [0.5, 0.6) is 5.75 Å². The number of benzene rings is 3. The predicted molar refractivity (Wildman–Crippen MR) is 199 cm³/mol. The van der Waals surface area contributed by atoms with Gasteiger partial charge in [0.15, 0.2) is 0 Å². The number of rotatable bonds is 15. The van der Waals surface area contributed by atoms with E-state index < -0.39 is 47.6 Å². The van der Waals surface area contributed by atoms with Crippen molar-refractivity contribution in [3.63, 3.8) is 0 Å². The van der Waals surface area contributed by atoms with Gasteiger partial charge in [-0.15, -0.1) is 13.2 Å². The van der Waals surface area contributed by atoms with Gasteiger partial charge >= 0.3 is 0 Å². The molecule has 6 atom stereocenters. The van der Waals surface area contributed by atoms with Crippen LogP contribution in [0.2, 0.25) is 5.02 Å². The van der Waals surface area contributed by atoms with E-state index in [2.05, 4.69) is 13.2 Å². The first-order chi connectivity index (χ1) is 24.7. The molecule has 0 aromatic heterocycles. The Morgan fingerprint density at radius 1 is 0.980 bits per heavy atom. The number of nitrogens with zero attached hydrogens (tertiary/aromatic N) is 3. The Labute approximate surface area is 305 Å². The van der Waals surface area contributed by atoms with Crippen molar-refractivity contribution in [3.05, 3.63) is 115 Å². The summed E-state index contributed by atoms with van der Waals surface area (Å²) < 4.78 is 12.7. The second kappa shape index (κ2) is 15.0. The first kappa shape index (κ1) is 36.4. The van der Waals surface area contributed by atoms with Crippen LogP contribution in [-0.2, 0) is 25.5 Å². The first-order valence-corrected chi connectivity index (χ1v) is 18.1. The highest BCUT2D eigenvalue weighted by molar-refractivity contribution is 6.34. The van der Waals surface area contributed by atoms with Crippen molar-refractivity contribution in [2.24, 2.45) is 11.8 Å². The van der Waals surface area contributed by atoms with Crippen molar-refractivity contribution in [2.75, 3.05) is 36.1 Å². The van der Waals surface area contributed by atoms with Crippen LogP contribution in [0.1, 0.15) is 38.7 Å². The number of aliphatic hydroxyl groups is 1. The normalized spacial score (nSPS) is 25.3. The van der Waals surface area contributed by atoms with Crippen LogP contribution in [0.25, 0.3) is 0 Å². The van der Waals surface area contributed by atoms with Crippen molar-refractivity contribution < 1.29 is 29.0 Å². The molecule has 6 rings (SSSR count). The smallest absolute Gasteiger partial charge is 0.253 e. The summed E-state index contributed by atoms with van der Waals surface area (Å²) in [6.07, 6.45) is 4.92. The Hall–Kier alpha value is -4.44. The van der Waals surface area contributed by atoms with Gasteiger partial charge in [-0.1, -0.05) is 73.1 Å². The number of carbonyl (C=O) groups is 3. The van der Waals surface area contributed by atoms with Crippen LogP contribution in [0.3, 0.4) is 0 Å². The number of halogens is 1. The second-order valence-corrected chi connectivity index (χ2v) is 13.9. The summed E-state index contributed by atoms with van der Waals surface area (Å²) >= 11 is 6.67. The SMILES string of the molecule is C=CCN(C(=O)[C@H]1[C@H]2C(=O)N([C@@H](CO)Cc3ccccc3)C(C(=O)N(CC=C)c3ccccc3Cl)C23CC[C@]1(CC)O3)c1ccc(OCC)cc1. The number of anilines is 2. The minimum atomic E-state index is -1.33. The third-order valence-corrected chi connectivity index (χ3v) is 11.1. The zero-order valence-electron chi connectivity index (χ0n) is 29.2. The van der Waals surface area contributed by atoms with E-state index in [-0.39, 0.29) is 24.9 Å². The molecule has 3 saturated heterocycles. The lowest BCUT2D eigenvalue weighted by Gasteiger charge is -2.40. The lowest BCUT2D eigenvalue weighted by molar-refractivity contribution is -0.149. The van der Waals surface area contributed by atoms with Gasteiger partial charge in [-0.2, -0.15) is 0 Å². The Kier molecular flexibility index (Phi) is 10.7. The first-order valence-electron chi connectivity index (χ1n) is 17.7. The fourth-order valence-corrected chi connectivity index (χ4v) is 8.84. The lowest BCUT2D eigenvalue weighted by Crippen LogP contribution is -2.59. The fraction of sp³-hybridized carbons (Fsp3) is 0.390. The minimum Gasteiger partial charge on any atom is -0.494 e. The standard InChI is InChI=1S/C41H46ClN3O6/c1-5-24-43(29-18-20-31(21-19-29)50-8-4)37(47)34-35-38(48)45(30(27-46)26-28-14-10-9-11-15-28)36(41(35)23-22-40(34,7-3)51-41)39(49)44(25-6-2)33-17-13-12-16-32(33)42/h5-6,9-21,30,34-36,46H,1-2,7-8,22-27H2,3-4H3/t30-,34-,35+,36?,40+,41?/m1/s1. The zero-order valence-corrected chi connectivity index (χ0v) is 30.0. The van der Waals surface area contributed by atoms with E-state index in [0.29, 0.717) is 54.4 Å². The molecule has 3 aromatic carbocycles. The van der Waals surface area contributed by atoms with Gasteiger partial charge in [0.05, 0.1) is 47.4 Å². The van der Waals surface area contributed by atoms with Crippen molar-refractivity contribution in [1.29, 1.82) is 0 Å². The summed E-state index contributed by atoms with van der Waals surface area (Å²) in [5, 5.41) is 11.3. The van der Waals surface area contributed by atoms with Gasteiger partial charge in [-0.05, 0) is 74.6 Å². The van der Waals surface area contributed by atoms with Gasteiger partial charge in [-0.3, -0.25) is 14.4 Å². The van der Waals surface area contributed by atoms with Gasteiger partial charge in [0, 0.05) is 18.8 Å². The summed E-state index contributed by atoms with van der Waals surface area (Å²) in [5.74, 6) is -2.23. The highest BCUT2D eigenvalue weighted by Crippen LogP contribution is 2.65. The number of hydrogen-bond donors (Lipinski definition) is 1. The van der Waals surface area contributed by atoms with Crippen molar-refractivity contribution in [1.82, 2.24) is 4.90 Å². The molecule has 0 saturated carbocycles. The van der Waals surface area contributed by atoms with Gasteiger partial charge < -0.3 is 29.3 Å². The highest BCUT2D eigenvalue weighted by atomic mass is 35.5. The summed E-state index contributed by atoms with van der Waals surface area (Å²) in [4.78, 5) is 50.1. The maximum atomic E-state index is 15.2. The van der Waals surface area contributed by atoms with Gasteiger partial charge in [0.25, 0.3) is 5.91 Å². The molecule has 0 aliphatic carbocycles. The molecule has 3 fully saturated rings. The quantitative estimate of drug-likeness (QED) is 0.188. The molecule has 0 radical (unpaired) electrons. The molecular weight excluding hydrogens is 666 g/mol. The second-order valence-electron chi connectivity index (χ2n) is 13.5. The van der Waals surface area contributed by atoms with Crippen LogP contribution >= 0.6 is 11.6 Å². The van der Waals surface area contributed by atoms with Crippen molar-refractivity contribution in [3.8, 4) is 5.75 Å². The van der Waals surface area contributed by atoms with Crippen LogP contribution in [-0.4, -0.2) is 77.3 Å². The summed E-state index contributed by atoms with van der Waals surface area (Å²) in [6.45, 7) is 12.1. The maximum Gasteiger partial charge on any atom is 0.253 e. The third-order valence-electron chi connectivity index (χ3n) is 10.8. The van der Waals surface area contributed by atoms with Crippen LogP contribution < -0.4 is 14.5 Å². The molecular formula is C41H46ClN3O6. The Morgan fingerprint density at radius 2 is 1.65 bits per heavy atom. The van der Waals surface area contributed by atoms with Crippen LogP contribution in [0.4, 0.5) is 11.4 Å². The Bertz CT molecular complexity index is 1770. The number of ether oxygens (including phenoxy) is 2. The van der Waals surface area contributed by atoms with E-state index >= 15 is 14.4 Å². The molecule has 1 spiro atoms. The monoisotopic (exact) mass is 711 g/mol. The summed E-state index contributed by atoms with van der Waals surface area (Å²) in [5.41, 5.74) is -0.301. The number of amides is 3. The Morgan fingerprint density at radius 3 is 2.27 bits per heavy atom.